The lowest BCUT2D eigenvalue weighted by molar-refractivity contribution is 0.0918. The SMILES string of the molecule is N#Cc1cnc(-c2nc(CC(=O)n3ccc4ccccc43)cs2)c(O)c1. The summed E-state index contributed by atoms with van der Waals surface area (Å²) in [5.41, 5.74) is 2.05. The number of aromatic nitrogens is 3. The zero-order chi connectivity index (χ0) is 18.1. The molecule has 0 unspecified atom stereocenters. The molecule has 0 aliphatic carbocycles. The predicted octanol–water partition coefficient (Wildman–Crippen LogP) is 3.62. The summed E-state index contributed by atoms with van der Waals surface area (Å²) < 4.78 is 1.62. The maximum Gasteiger partial charge on any atom is 0.237 e. The summed E-state index contributed by atoms with van der Waals surface area (Å²) in [4.78, 5) is 21.1. The lowest BCUT2D eigenvalue weighted by Crippen LogP contribution is -2.12. The van der Waals surface area contributed by atoms with Crippen molar-refractivity contribution in [2.75, 3.05) is 0 Å². The molecule has 0 bridgehead atoms. The highest BCUT2D eigenvalue weighted by Gasteiger charge is 2.15. The normalized spacial score (nSPS) is 10.7. The summed E-state index contributed by atoms with van der Waals surface area (Å²) in [6, 6.07) is 12.9. The topological polar surface area (TPSA) is 91.8 Å². The van der Waals surface area contributed by atoms with Gasteiger partial charge in [-0.3, -0.25) is 9.36 Å². The van der Waals surface area contributed by atoms with Crippen LogP contribution in [0.1, 0.15) is 16.1 Å². The molecule has 3 heterocycles. The molecule has 4 rings (SSSR count). The summed E-state index contributed by atoms with van der Waals surface area (Å²) in [7, 11) is 0. The number of aromatic hydroxyl groups is 1. The van der Waals surface area contributed by atoms with Crippen LogP contribution in [0.2, 0.25) is 0 Å². The quantitative estimate of drug-likeness (QED) is 0.602. The van der Waals surface area contributed by atoms with Crippen LogP contribution in [0.25, 0.3) is 21.6 Å². The highest BCUT2D eigenvalue weighted by atomic mass is 32.1. The molecule has 0 aliphatic heterocycles. The Bertz CT molecular complexity index is 1170. The molecule has 6 nitrogen and oxygen atoms in total. The van der Waals surface area contributed by atoms with Crippen molar-refractivity contribution in [2.24, 2.45) is 0 Å². The standard InChI is InChI=1S/C19H12N4O2S/c20-9-12-7-16(24)18(21-10-12)19-22-14(11-26-19)8-17(25)23-6-5-13-3-1-2-4-15(13)23/h1-7,10-11,24H,8H2. The number of fused-ring (bicyclic) bond motifs is 1. The lowest BCUT2D eigenvalue weighted by atomic mass is 10.2. The fourth-order valence-electron chi connectivity index (χ4n) is 2.72. The van der Waals surface area contributed by atoms with Crippen molar-refractivity contribution >= 4 is 28.1 Å². The van der Waals surface area contributed by atoms with Crippen LogP contribution in [0.3, 0.4) is 0 Å². The van der Waals surface area contributed by atoms with E-state index in [-0.39, 0.29) is 23.6 Å². The van der Waals surface area contributed by atoms with Crippen molar-refractivity contribution < 1.29 is 9.90 Å². The number of rotatable bonds is 3. The minimum absolute atomic E-state index is 0.0833. The second-order valence-corrected chi connectivity index (χ2v) is 6.52. The Morgan fingerprint density at radius 1 is 1.31 bits per heavy atom. The van der Waals surface area contributed by atoms with Gasteiger partial charge in [-0.1, -0.05) is 18.2 Å². The van der Waals surface area contributed by atoms with Crippen molar-refractivity contribution in [3.8, 4) is 22.5 Å². The summed E-state index contributed by atoms with van der Waals surface area (Å²) in [5.74, 6) is -0.187. The van der Waals surface area contributed by atoms with Gasteiger partial charge < -0.3 is 5.11 Å². The molecular weight excluding hydrogens is 348 g/mol. The number of thiazole rings is 1. The Morgan fingerprint density at radius 2 is 2.15 bits per heavy atom. The third kappa shape index (κ3) is 2.83. The molecule has 0 saturated heterocycles. The summed E-state index contributed by atoms with van der Waals surface area (Å²) in [6.07, 6.45) is 3.29. The Labute approximate surface area is 152 Å². The van der Waals surface area contributed by atoms with E-state index >= 15 is 0 Å². The van der Waals surface area contributed by atoms with Gasteiger partial charge in [0.2, 0.25) is 5.91 Å². The number of pyridine rings is 1. The summed E-state index contributed by atoms with van der Waals surface area (Å²) in [5, 5.41) is 22.1. The van der Waals surface area contributed by atoms with Crippen molar-refractivity contribution in [1.29, 1.82) is 5.26 Å². The smallest absolute Gasteiger partial charge is 0.237 e. The maximum absolute atomic E-state index is 12.6. The summed E-state index contributed by atoms with van der Waals surface area (Å²) >= 11 is 1.30. The number of carbonyl (C=O) groups is 1. The van der Waals surface area contributed by atoms with Crippen LogP contribution < -0.4 is 0 Å². The molecule has 126 valence electrons. The van der Waals surface area contributed by atoms with E-state index in [9.17, 15) is 9.90 Å². The Hall–Kier alpha value is -3.50. The van der Waals surface area contributed by atoms with Crippen LogP contribution in [0, 0.1) is 11.3 Å². The number of benzene rings is 1. The van der Waals surface area contributed by atoms with E-state index < -0.39 is 0 Å². The van der Waals surface area contributed by atoms with Gasteiger partial charge in [-0.15, -0.1) is 11.3 Å². The van der Waals surface area contributed by atoms with Gasteiger partial charge in [0.1, 0.15) is 22.5 Å². The Morgan fingerprint density at radius 3 is 2.96 bits per heavy atom. The molecule has 1 aromatic carbocycles. The minimum Gasteiger partial charge on any atom is -0.506 e. The van der Waals surface area contributed by atoms with Crippen LogP contribution in [-0.4, -0.2) is 25.5 Å². The monoisotopic (exact) mass is 360 g/mol. The zero-order valence-electron chi connectivity index (χ0n) is 13.5. The van der Waals surface area contributed by atoms with Gasteiger partial charge in [0.25, 0.3) is 0 Å². The van der Waals surface area contributed by atoms with E-state index in [2.05, 4.69) is 9.97 Å². The first kappa shape index (κ1) is 16.0. The number of nitriles is 1. The van der Waals surface area contributed by atoms with Crippen LogP contribution in [0.15, 0.2) is 54.2 Å². The third-order valence-corrected chi connectivity index (χ3v) is 4.85. The second-order valence-electron chi connectivity index (χ2n) is 5.66. The predicted molar refractivity (Wildman–Crippen MR) is 98.0 cm³/mol. The molecule has 0 saturated carbocycles. The first-order chi connectivity index (χ1) is 12.7. The molecule has 7 heteroatoms. The molecule has 0 amide bonds. The van der Waals surface area contributed by atoms with Crippen molar-refractivity contribution in [3.63, 3.8) is 0 Å². The minimum atomic E-state index is -0.104. The zero-order valence-corrected chi connectivity index (χ0v) is 14.3. The van der Waals surface area contributed by atoms with Gasteiger partial charge in [-0.2, -0.15) is 5.26 Å². The van der Waals surface area contributed by atoms with Crippen LogP contribution in [-0.2, 0) is 6.42 Å². The molecule has 1 N–H and O–H groups in total. The molecule has 0 aliphatic rings. The van der Waals surface area contributed by atoms with Crippen LogP contribution in [0.5, 0.6) is 5.75 Å². The van der Waals surface area contributed by atoms with Crippen LogP contribution >= 0.6 is 11.3 Å². The first-order valence-corrected chi connectivity index (χ1v) is 8.67. The number of nitrogens with zero attached hydrogens (tertiary/aromatic N) is 4. The van der Waals surface area contributed by atoms with E-state index in [1.165, 1.54) is 23.6 Å². The molecular formula is C19H12N4O2S. The van der Waals surface area contributed by atoms with Gasteiger partial charge in [-0.25, -0.2) is 9.97 Å². The van der Waals surface area contributed by atoms with Gasteiger partial charge in [0, 0.05) is 29.2 Å². The molecule has 0 fully saturated rings. The molecule has 0 spiro atoms. The van der Waals surface area contributed by atoms with E-state index in [0.29, 0.717) is 16.4 Å². The first-order valence-electron chi connectivity index (χ1n) is 7.79. The van der Waals surface area contributed by atoms with Gasteiger partial charge in [0.05, 0.1) is 23.2 Å². The average molecular weight is 360 g/mol. The number of carbonyl (C=O) groups excluding carboxylic acids is 1. The second kappa shape index (κ2) is 6.43. The van der Waals surface area contributed by atoms with Crippen molar-refractivity contribution in [3.05, 3.63) is 65.4 Å². The van der Waals surface area contributed by atoms with Gasteiger partial charge in [-0.05, 0) is 12.1 Å². The number of hydrogen-bond acceptors (Lipinski definition) is 6. The number of hydrogen-bond donors (Lipinski definition) is 1. The summed E-state index contributed by atoms with van der Waals surface area (Å²) in [6.45, 7) is 0. The molecule has 3 aromatic heterocycles. The van der Waals surface area contributed by atoms with Crippen molar-refractivity contribution in [1.82, 2.24) is 14.5 Å². The third-order valence-electron chi connectivity index (χ3n) is 3.95. The molecule has 0 atom stereocenters. The fraction of sp³-hybridized carbons (Fsp3) is 0.0526. The van der Waals surface area contributed by atoms with Gasteiger partial charge in [0.15, 0.2) is 0 Å². The molecule has 0 radical (unpaired) electrons. The lowest BCUT2D eigenvalue weighted by Gasteiger charge is -2.02. The highest BCUT2D eigenvalue weighted by Crippen LogP contribution is 2.30. The Balaban J connectivity index is 1.59. The van der Waals surface area contributed by atoms with E-state index in [0.717, 1.165) is 10.9 Å². The molecule has 4 aromatic rings. The van der Waals surface area contributed by atoms with Crippen LogP contribution in [0.4, 0.5) is 0 Å². The average Bonchev–Trinajstić information content (AvgIpc) is 3.28. The van der Waals surface area contributed by atoms with E-state index in [1.807, 2.05) is 36.4 Å². The van der Waals surface area contributed by atoms with E-state index in [1.54, 1.807) is 16.1 Å². The number of para-hydroxylation sites is 1. The van der Waals surface area contributed by atoms with Gasteiger partial charge >= 0.3 is 0 Å². The fourth-order valence-corrected chi connectivity index (χ4v) is 3.54. The molecule has 26 heavy (non-hydrogen) atoms. The maximum atomic E-state index is 12.6. The highest BCUT2D eigenvalue weighted by molar-refractivity contribution is 7.13. The Kier molecular flexibility index (Phi) is 3.95. The van der Waals surface area contributed by atoms with E-state index in [4.69, 9.17) is 5.26 Å². The van der Waals surface area contributed by atoms with Crippen molar-refractivity contribution in [2.45, 2.75) is 6.42 Å². The largest absolute Gasteiger partial charge is 0.506 e.